The van der Waals surface area contributed by atoms with E-state index in [1.165, 1.54) is 62.1 Å². The van der Waals surface area contributed by atoms with E-state index in [9.17, 15) is 9.90 Å². The van der Waals surface area contributed by atoms with Gasteiger partial charge in [0.25, 0.3) is 0 Å². The largest absolute Gasteiger partial charge is 0.464 e. The van der Waals surface area contributed by atoms with Gasteiger partial charge in [-0.25, -0.2) is 15.2 Å². The average molecular weight is 406 g/mol. The Morgan fingerprint density at radius 2 is 1.41 bits per heavy atom. The van der Waals surface area contributed by atoms with Gasteiger partial charge in [-0.2, -0.15) is 0 Å². The number of rotatable bonds is 14. The van der Waals surface area contributed by atoms with Gasteiger partial charge in [0.05, 0.1) is 5.54 Å². The van der Waals surface area contributed by atoms with E-state index in [0.717, 1.165) is 18.7 Å². The summed E-state index contributed by atoms with van der Waals surface area (Å²) in [5, 5.41) is 10.7. The van der Waals surface area contributed by atoms with Gasteiger partial charge >= 0.3 is 6.09 Å². The van der Waals surface area contributed by atoms with Crippen LogP contribution in [0.15, 0.2) is 24.3 Å². The Morgan fingerprint density at radius 3 is 1.93 bits per heavy atom. The number of hydrazine groups is 1. The number of amides is 1. The van der Waals surface area contributed by atoms with Crippen LogP contribution in [0.25, 0.3) is 0 Å². The van der Waals surface area contributed by atoms with Gasteiger partial charge in [-0.05, 0) is 51.3 Å². The smallest absolute Gasteiger partial charge is 0.422 e. The van der Waals surface area contributed by atoms with Crippen molar-refractivity contribution in [3.05, 3.63) is 29.8 Å². The van der Waals surface area contributed by atoms with Gasteiger partial charge in [0, 0.05) is 25.3 Å². The first-order valence-corrected chi connectivity index (χ1v) is 11.4. The molecule has 0 aliphatic carbocycles. The highest BCUT2D eigenvalue weighted by Gasteiger charge is 2.25. The molecular weight excluding hydrogens is 362 g/mol. The third-order valence-electron chi connectivity index (χ3n) is 5.17. The molecule has 0 fully saturated rings. The van der Waals surface area contributed by atoms with E-state index in [0.29, 0.717) is 6.54 Å². The minimum atomic E-state index is -0.959. The number of nitrogens with zero attached hydrogens (tertiary/aromatic N) is 2. The average Bonchev–Trinajstić information content (AvgIpc) is 2.66. The predicted octanol–water partition coefficient (Wildman–Crippen LogP) is 6.44. The lowest BCUT2D eigenvalue weighted by Crippen LogP contribution is -2.52. The molecule has 166 valence electrons. The first-order valence-electron chi connectivity index (χ1n) is 11.4. The summed E-state index contributed by atoms with van der Waals surface area (Å²) >= 11 is 0. The molecule has 29 heavy (non-hydrogen) atoms. The molecule has 0 saturated heterocycles. The number of carbonyl (C=O) groups is 1. The van der Waals surface area contributed by atoms with E-state index in [1.807, 2.05) is 20.8 Å². The van der Waals surface area contributed by atoms with Crippen molar-refractivity contribution in [2.24, 2.45) is 0 Å². The molecule has 1 amide bonds. The Bertz CT molecular complexity index is 566. The molecule has 5 nitrogen and oxygen atoms in total. The summed E-state index contributed by atoms with van der Waals surface area (Å²) in [5.74, 6) is 0. The van der Waals surface area contributed by atoms with Crippen molar-refractivity contribution in [2.45, 2.75) is 98.1 Å². The number of benzene rings is 1. The summed E-state index contributed by atoms with van der Waals surface area (Å²) in [5.41, 5.74) is 4.91. The van der Waals surface area contributed by atoms with E-state index in [-0.39, 0.29) is 0 Å². The quantitative estimate of drug-likeness (QED) is 0.276. The summed E-state index contributed by atoms with van der Waals surface area (Å²) in [6.45, 7) is 12.9. The lowest BCUT2D eigenvalue weighted by atomic mass is 10.1. The predicted molar refractivity (Wildman–Crippen MR) is 123 cm³/mol. The molecule has 1 aromatic rings. The van der Waals surface area contributed by atoms with E-state index >= 15 is 0 Å². The van der Waals surface area contributed by atoms with Crippen LogP contribution in [-0.4, -0.2) is 34.8 Å². The van der Waals surface area contributed by atoms with Crippen molar-refractivity contribution in [1.82, 2.24) is 10.4 Å². The standard InChI is InChI=1S/C24H43N3O2/c1-6-8-10-11-13-19-26(18-12-9-7-2)22-16-14-21(15-17-22)20-25-27(23(28)29)24(3,4)5/h14-17,25H,6-13,18-20H2,1-5H3,(H,28,29). The van der Waals surface area contributed by atoms with E-state index in [4.69, 9.17) is 0 Å². The molecule has 0 unspecified atom stereocenters. The Balaban J connectivity index is 2.67. The second-order valence-electron chi connectivity index (χ2n) is 8.90. The van der Waals surface area contributed by atoms with Crippen molar-refractivity contribution in [2.75, 3.05) is 18.0 Å². The molecule has 0 spiro atoms. The highest BCUT2D eigenvalue weighted by Crippen LogP contribution is 2.19. The van der Waals surface area contributed by atoms with Crippen LogP contribution in [0.4, 0.5) is 10.5 Å². The number of anilines is 1. The number of carboxylic acid groups (broad SMARTS) is 1. The SMILES string of the molecule is CCCCCCCN(CCCCC)c1ccc(CNN(C(=O)O)C(C)(C)C)cc1. The maximum atomic E-state index is 11.5. The fourth-order valence-electron chi connectivity index (χ4n) is 3.42. The van der Waals surface area contributed by atoms with Crippen LogP contribution in [0.1, 0.15) is 91.5 Å². The van der Waals surface area contributed by atoms with Gasteiger partial charge in [-0.15, -0.1) is 0 Å². The minimum Gasteiger partial charge on any atom is -0.464 e. The van der Waals surface area contributed by atoms with Crippen molar-refractivity contribution in [3.63, 3.8) is 0 Å². The van der Waals surface area contributed by atoms with Crippen molar-refractivity contribution < 1.29 is 9.90 Å². The van der Waals surface area contributed by atoms with Crippen LogP contribution in [0, 0.1) is 0 Å². The number of hydrogen-bond donors (Lipinski definition) is 2. The zero-order valence-corrected chi connectivity index (χ0v) is 19.3. The first-order chi connectivity index (χ1) is 13.8. The van der Waals surface area contributed by atoms with Gasteiger partial charge < -0.3 is 10.0 Å². The zero-order valence-electron chi connectivity index (χ0n) is 19.3. The molecule has 0 heterocycles. The maximum Gasteiger partial charge on any atom is 0.422 e. The molecule has 2 N–H and O–H groups in total. The summed E-state index contributed by atoms with van der Waals surface area (Å²) in [4.78, 5) is 14.0. The molecule has 1 rings (SSSR count). The monoisotopic (exact) mass is 405 g/mol. The normalized spacial score (nSPS) is 11.5. The summed E-state index contributed by atoms with van der Waals surface area (Å²) in [7, 11) is 0. The van der Waals surface area contributed by atoms with Gasteiger partial charge in [-0.1, -0.05) is 64.5 Å². The lowest BCUT2D eigenvalue weighted by Gasteiger charge is -2.33. The third kappa shape index (κ3) is 10.0. The molecule has 1 aromatic carbocycles. The van der Waals surface area contributed by atoms with Gasteiger partial charge in [0.15, 0.2) is 0 Å². The second kappa shape index (κ2) is 13.5. The molecule has 0 atom stereocenters. The Labute approximate surface area is 178 Å². The number of unbranched alkanes of at least 4 members (excludes halogenated alkanes) is 6. The van der Waals surface area contributed by atoms with Crippen LogP contribution in [0.2, 0.25) is 0 Å². The molecular formula is C24H43N3O2. The van der Waals surface area contributed by atoms with E-state index in [1.54, 1.807) is 0 Å². The fraction of sp³-hybridized carbons (Fsp3) is 0.708. The van der Waals surface area contributed by atoms with Crippen LogP contribution < -0.4 is 10.3 Å². The van der Waals surface area contributed by atoms with Crippen LogP contribution >= 0.6 is 0 Å². The van der Waals surface area contributed by atoms with Crippen LogP contribution in [-0.2, 0) is 6.54 Å². The lowest BCUT2D eigenvalue weighted by molar-refractivity contribution is 0.0624. The van der Waals surface area contributed by atoms with Crippen molar-refractivity contribution in [3.8, 4) is 0 Å². The fourth-order valence-corrected chi connectivity index (χ4v) is 3.42. The van der Waals surface area contributed by atoms with Crippen molar-refractivity contribution >= 4 is 11.8 Å². The van der Waals surface area contributed by atoms with Gasteiger partial charge in [-0.3, -0.25) is 0 Å². The van der Waals surface area contributed by atoms with Crippen LogP contribution in [0.5, 0.6) is 0 Å². The summed E-state index contributed by atoms with van der Waals surface area (Å²) < 4.78 is 0. The number of nitrogens with one attached hydrogen (secondary N) is 1. The van der Waals surface area contributed by atoms with Crippen molar-refractivity contribution in [1.29, 1.82) is 0 Å². The molecule has 0 saturated carbocycles. The molecule has 0 aromatic heterocycles. The highest BCUT2D eigenvalue weighted by molar-refractivity contribution is 5.65. The second-order valence-corrected chi connectivity index (χ2v) is 8.90. The van der Waals surface area contributed by atoms with Gasteiger partial charge in [0.2, 0.25) is 0 Å². The molecule has 0 aliphatic heterocycles. The third-order valence-corrected chi connectivity index (χ3v) is 5.17. The molecule has 5 heteroatoms. The highest BCUT2D eigenvalue weighted by atomic mass is 16.4. The first kappa shape index (κ1) is 25.3. The maximum absolute atomic E-state index is 11.5. The Morgan fingerprint density at radius 1 is 0.897 bits per heavy atom. The van der Waals surface area contributed by atoms with E-state index in [2.05, 4.69) is 48.4 Å². The summed E-state index contributed by atoms with van der Waals surface area (Å²) in [6, 6.07) is 8.57. The summed E-state index contributed by atoms with van der Waals surface area (Å²) in [6.07, 6.45) is 9.27. The van der Waals surface area contributed by atoms with E-state index < -0.39 is 11.6 Å². The number of hydrogen-bond acceptors (Lipinski definition) is 3. The molecule has 0 radical (unpaired) electrons. The Kier molecular flexibility index (Phi) is 11.7. The zero-order chi connectivity index (χ0) is 21.7. The molecule has 0 bridgehead atoms. The minimum absolute atomic E-state index is 0.486. The topological polar surface area (TPSA) is 55.8 Å². The van der Waals surface area contributed by atoms with Crippen LogP contribution in [0.3, 0.4) is 0 Å². The molecule has 0 aliphatic rings. The Hall–Kier alpha value is -1.75. The van der Waals surface area contributed by atoms with Gasteiger partial charge in [0.1, 0.15) is 0 Å².